The SMILES string of the molecule is COc1ccc(N(C)C)c(C)c1. The minimum Gasteiger partial charge on any atom is -0.497 e. The second-order valence-corrected chi connectivity index (χ2v) is 3.05. The van der Waals surface area contributed by atoms with Gasteiger partial charge in [-0.15, -0.1) is 0 Å². The van der Waals surface area contributed by atoms with E-state index in [1.807, 2.05) is 26.2 Å². The van der Waals surface area contributed by atoms with Crippen molar-refractivity contribution in [2.24, 2.45) is 0 Å². The van der Waals surface area contributed by atoms with Gasteiger partial charge >= 0.3 is 0 Å². The summed E-state index contributed by atoms with van der Waals surface area (Å²) in [4.78, 5) is 2.09. The van der Waals surface area contributed by atoms with E-state index in [-0.39, 0.29) is 0 Å². The van der Waals surface area contributed by atoms with Gasteiger partial charge in [-0.25, -0.2) is 0 Å². The fourth-order valence-electron chi connectivity index (χ4n) is 1.26. The van der Waals surface area contributed by atoms with Crippen molar-refractivity contribution in [3.8, 4) is 5.75 Å². The Labute approximate surface area is 73.8 Å². The second kappa shape index (κ2) is 3.48. The average molecular weight is 165 g/mol. The van der Waals surface area contributed by atoms with Gasteiger partial charge in [0.1, 0.15) is 5.75 Å². The molecule has 0 atom stereocenters. The summed E-state index contributed by atoms with van der Waals surface area (Å²) in [6.45, 7) is 2.08. The first kappa shape index (κ1) is 8.91. The molecule has 0 saturated heterocycles. The molecule has 0 aliphatic rings. The Morgan fingerprint density at radius 1 is 1.25 bits per heavy atom. The van der Waals surface area contributed by atoms with Crippen LogP contribution >= 0.6 is 0 Å². The maximum absolute atomic E-state index is 5.11. The van der Waals surface area contributed by atoms with Crippen LogP contribution in [0.25, 0.3) is 0 Å². The van der Waals surface area contributed by atoms with Crippen LogP contribution in [0.5, 0.6) is 5.75 Å². The van der Waals surface area contributed by atoms with Crippen LogP contribution in [0.15, 0.2) is 18.2 Å². The van der Waals surface area contributed by atoms with Crippen molar-refractivity contribution in [1.82, 2.24) is 0 Å². The van der Waals surface area contributed by atoms with E-state index in [1.54, 1.807) is 7.11 Å². The van der Waals surface area contributed by atoms with Gasteiger partial charge in [-0.3, -0.25) is 0 Å². The minimum atomic E-state index is 0.915. The number of hydrogen-bond acceptors (Lipinski definition) is 2. The molecule has 0 radical (unpaired) electrons. The van der Waals surface area contributed by atoms with Crippen LogP contribution in [0.4, 0.5) is 5.69 Å². The topological polar surface area (TPSA) is 12.5 Å². The molecule has 1 aromatic rings. The first-order valence-electron chi connectivity index (χ1n) is 3.97. The Kier molecular flexibility index (Phi) is 2.58. The van der Waals surface area contributed by atoms with Crippen LogP contribution in [0.1, 0.15) is 5.56 Å². The summed E-state index contributed by atoms with van der Waals surface area (Å²) in [6, 6.07) is 6.08. The number of benzene rings is 1. The van der Waals surface area contributed by atoms with Crippen LogP contribution in [-0.2, 0) is 0 Å². The van der Waals surface area contributed by atoms with Crippen molar-refractivity contribution in [3.63, 3.8) is 0 Å². The predicted molar refractivity (Wildman–Crippen MR) is 52.1 cm³/mol. The summed E-state index contributed by atoms with van der Waals surface area (Å²) in [5.41, 5.74) is 2.47. The molecular formula is C10H15NO. The number of aryl methyl sites for hydroxylation is 1. The standard InChI is InChI=1S/C10H15NO/c1-8-7-9(12-4)5-6-10(8)11(2)3/h5-7H,1-4H3. The lowest BCUT2D eigenvalue weighted by atomic mass is 10.2. The molecule has 0 aromatic heterocycles. The van der Waals surface area contributed by atoms with Crippen molar-refractivity contribution < 1.29 is 4.74 Å². The van der Waals surface area contributed by atoms with Gasteiger partial charge in [0.25, 0.3) is 0 Å². The van der Waals surface area contributed by atoms with Crippen LogP contribution in [0, 0.1) is 6.92 Å². The summed E-state index contributed by atoms with van der Waals surface area (Å²) in [6.07, 6.45) is 0. The summed E-state index contributed by atoms with van der Waals surface area (Å²) in [7, 11) is 5.76. The number of rotatable bonds is 2. The first-order valence-corrected chi connectivity index (χ1v) is 3.97. The van der Waals surface area contributed by atoms with E-state index in [1.165, 1.54) is 11.3 Å². The molecule has 1 rings (SSSR count). The summed E-state index contributed by atoms with van der Waals surface area (Å²) >= 11 is 0. The van der Waals surface area contributed by atoms with Crippen LogP contribution in [0.2, 0.25) is 0 Å². The van der Waals surface area contributed by atoms with Crippen molar-refractivity contribution in [1.29, 1.82) is 0 Å². The van der Waals surface area contributed by atoms with Gasteiger partial charge in [0.2, 0.25) is 0 Å². The van der Waals surface area contributed by atoms with E-state index in [2.05, 4.69) is 17.9 Å². The largest absolute Gasteiger partial charge is 0.497 e. The van der Waals surface area contributed by atoms with E-state index in [0.717, 1.165) is 5.75 Å². The molecule has 12 heavy (non-hydrogen) atoms. The lowest BCUT2D eigenvalue weighted by Crippen LogP contribution is -2.09. The molecular weight excluding hydrogens is 150 g/mol. The number of nitrogens with zero attached hydrogens (tertiary/aromatic N) is 1. The summed E-state index contributed by atoms with van der Waals surface area (Å²) in [5, 5.41) is 0. The molecule has 0 fully saturated rings. The summed E-state index contributed by atoms with van der Waals surface area (Å²) in [5.74, 6) is 0.915. The van der Waals surface area contributed by atoms with Crippen LogP contribution < -0.4 is 9.64 Å². The molecule has 0 amide bonds. The molecule has 66 valence electrons. The maximum atomic E-state index is 5.11. The lowest BCUT2D eigenvalue weighted by Gasteiger charge is -2.15. The van der Waals surface area contributed by atoms with E-state index >= 15 is 0 Å². The molecule has 0 aliphatic carbocycles. The number of anilines is 1. The average Bonchev–Trinajstić information content (AvgIpc) is 2.03. The third-order valence-corrected chi connectivity index (χ3v) is 1.89. The van der Waals surface area contributed by atoms with Crippen molar-refractivity contribution in [2.45, 2.75) is 6.92 Å². The van der Waals surface area contributed by atoms with Gasteiger partial charge in [-0.05, 0) is 30.7 Å². The lowest BCUT2D eigenvalue weighted by molar-refractivity contribution is 0.414. The van der Waals surface area contributed by atoms with Gasteiger partial charge in [-0.1, -0.05) is 0 Å². The zero-order chi connectivity index (χ0) is 9.14. The number of ether oxygens (including phenoxy) is 1. The monoisotopic (exact) mass is 165 g/mol. The van der Waals surface area contributed by atoms with Crippen LogP contribution in [-0.4, -0.2) is 21.2 Å². The zero-order valence-corrected chi connectivity index (χ0v) is 8.09. The number of hydrogen-bond donors (Lipinski definition) is 0. The molecule has 0 spiro atoms. The number of methoxy groups -OCH3 is 1. The highest BCUT2D eigenvalue weighted by atomic mass is 16.5. The fraction of sp³-hybridized carbons (Fsp3) is 0.400. The molecule has 1 aromatic carbocycles. The quantitative estimate of drug-likeness (QED) is 0.665. The van der Waals surface area contributed by atoms with E-state index < -0.39 is 0 Å². The predicted octanol–water partition coefficient (Wildman–Crippen LogP) is 2.07. The van der Waals surface area contributed by atoms with Crippen LogP contribution in [0.3, 0.4) is 0 Å². The van der Waals surface area contributed by atoms with Gasteiger partial charge in [0, 0.05) is 19.8 Å². The minimum absolute atomic E-state index is 0.915. The van der Waals surface area contributed by atoms with Gasteiger partial charge in [0.15, 0.2) is 0 Å². The molecule has 0 unspecified atom stereocenters. The molecule has 0 N–H and O–H groups in total. The highest BCUT2D eigenvalue weighted by molar-refractivity contribution is 5.54. The molecule has 2 heteroatoms. The molecule has 0 bridgehead atoms. The van der Waals surface area contributed by atoms with Gasteiger partial charge in [-0.2, -0.15) is 0 Å². The Bertz CT molecular complexity index is 269. The smallest absolute Gasteiger partial charge is 0.119 e. The Morgan fingerprint density at radius 2 is 1.92 bits per heavy atom. The normalized spacial score (nSPS) is 9.67. The van der Waals surface area contributed by atoms with E-state index in [0.29, 0.717) is 0 Å². The Hall–Kier alpha value is -1.18. The molecule has 0 heterocycles. The Balaban J connectivity index is 3.03. The molecule has 0 saturated carbocycles. The fourth-order valence-corrected chi connectivity index (χ4v) is 1.26. The molecule has 2 nitrogen and oxygen atoms in total. The van der Waals surface area contributed by atoms with Crippen molar-refractivity contribution in [3.05, 3.63) is 23.8 Å². The van der Waals surface area contributed by atoms with Gasteiger partial charge in [0.05, 0.1) is 7.11 Å². The van der Waals surface area contributed by atoms with Gasteiger partial charge < -0.3 is 9.64 Å². The first-order chi connectivity index (χ1) is 5.65. The maximum Gasteiger partial charge on any atom is 0.119 e. The van der Waals surface area contributed by atoms with E-state index in [4.69, 9.17) is 4.74 Å². The second-order valence-electron chi connectivity index (χ2n) is 3.05. The van der Waals surface area contributed by atoms with E-state index in [9.17, 15) is 0 Å². The third-order valence-electron chi connectivity index (χ3n) is 1.89. The van der Waals surface area contributed by atoms with Crippen molar-refractivity contribution in [2.75, 3.05) is 26.1 Å². The highest BCUT2D eigenvalue weighted by Crippen LogP contribution is 2.22. The third kappa shape index (κ3) is 1.70. The molecule has 0 aliphatic heterocycles. The Morgan fingerprint density at radius 3 is 2.33 bits per heavy atom. The summed E-state index contributed by atoms with van der Waals surface area (Å²) < 4.78 is 5.11. The zero-order valence-electron chi connectivity index (χ0n) is 8.09. The highest BCUT2D eigenvalue weighted by Gasteiger charge is 2.00. The van der Waals surface area contributed by atoms with Crippen molar-refractivity contribution >= 4 is 5.69 Å².